The molecule has 0 aliphatic rings. The fourth-order valence-corrected chi connectivity index (χ4v) is 5.62. The minimum atomic E-state index is -2.01. The van der Waals surface area contributed by atoms with Crippen molar-refractivity contribution in [2.75, 3.05) is 6.61 Å². The molecule has 110 valence electrons. The van der Waals surface area contributed by atoms with E-state index >= 15 is 0 Å². The molecule has 1 unspecified atom stereocenters. The summed E-state index contributed by atoms with van der Waals surface area (Å²) in [6.45, 7) is 8.86. The van der Waals surface area contributed by atoms with Crippen LogP contribution in [-0.2, 0) is 12.3 Å². The quantitative estimate of drug-likeness (QED) is 0.861. The van der Waals surface area contributed by atoms with Gasteiger partial charge in [-0.05, 0) is 6.92 Å². The van der Waals surface area contributed by atoms with Gasteiger partial charge in [0, 0.05) is 13.2 Å². The van der Waals surface area contributed by atoms with E-state index in [4.69, 9.17) is 4.74 Å². The van der Waals surface area contributed by atoms with E-state index in [1.54, 1.807) is 11.7 Å². The molecule has 0 bridgehead atoms. The van der Waals surface area contributed by atoms with Crippen molar-refractivity contribution in [3.05, 3.63) is 28.6 Å². The van der Waals surface area contributed by atoms with Gasteiger partial charge in [0.05, 0.1) is 31.3 Å². The lowest BCUT2D eigenvalue weighted by Crippen LogP contribution is -2.51. The fraction of sp³-hybridized carbons (Fsp3) is 0.538. The molecule has 20 heavy (non-hydrogen) atoms. The van der Waals surface area contributed by atoms with Gasteiger partial charge in [-0.2, -0.15) is 4.98 Å². The molecule has 2 rings (SSSR count). The van der Waals surface area contributed by atoms with Crippen LogP contribution in [0.1, 0.15) is 17.6 Å². The van der Waals surface area contributed by atoms with Gasteiger partial charge in [-0.25, -0.2) is 0 Å². The van der Waals surface area contributed by atoms with Gasteiger partial charge in [-0.1, -0.05) is 19.6 Å². The molecule has 1 N–H and O–H groups in total. The largest absolute Gasteiger partial charge is 0.477 e. The van der Waals surface area contributed by atoms with Crippen molar-refractivity contribution < 1.29 is 9.84 Å². The maximum atomic E-state index is 11.4. The molecular weight excluding hydrogens is 290 g/mol. The van der Waals surface area contributed by atoms with Crippen LogP contribution in [-0.4, -0.2) is 34.3 Å². The summed E-state index contributed by atoms with van der Waals surface area (Å²) in [7, 11) is -0.124. The molecular formula is C13H21N3O2SSi. The maximum Gasteiger partial charge on any atom is 0.231 e. The van der Waals surface area contributed by atoms with Gasteiger partial charge in [0.1, 0.15) is 11.0 Å². The highest BCUT2D eigenvalue weighted by Crippen LogP contribution is 2.39. The van der Waals surface area contributed by atoms with E-state index in [1.807, 2.05) is 24.7 Å². The number of thiazole rings is 1. The first-order chi connectivity index (χ1) is 9.30. The third kappa shape index (κ3) is 2.41. The van der Waals surface area contributed by atoms with Gasteiger partial charge in [0.2, 0.25) is 5.88 Å². The van der Waals surface area contributed by atoms with Crippen molar-refractivity contribution in [1.29, 1.82) is 0 Å². The molecule has 2 heterocycles. The van der Waals surface area contributed by atoms with Crippen molar-refractivity contribution in [1.82, 2.24) is 14.5 Å². The van der Waals surface area contributed by atoms with Crippen LogP contribution < -0.4 is 4.74 Å². The van der Waals surface area contributed by atoms with E-state index in [9.17, 15) is 5.11 Å². The Morgan fingerprint density at radius 2 is 2.15 bits per heavy atom. The number of hydrogen-bond donors (Lipinski definition) is 1. The Balaban J connectivity index is 2.59. The second-order valence-electron chi connectivity index (χ2n) is 5.77. The molecule has 7 heteroatoms. The highest BCUT2D eigenvalue weighted by Gasteiger charge is 2.49. The Morgan fingerprint density at radius 3 is 2.65 bits per heavy atom. The summed E-state index contributed by atoms with van der Waals surface area (Å²) >= 11 is 1.46. The van der Waals surface area contributed by atoms with E-state index in [-0.39, 0.29) is 0 Å². The zero-order chi connectivity index (χ0) is 15.0. The van der Waals surface area contributed by atoms with E-state index in [0.29, 0.717) is 18.3 Å². The van der Waals surface area contributed by atoms with Gasteiger partial charge in [-0.15, -0.1) is 11.3 Å². The smallest absolute Gasteiger partial charge is 0.231 e. The van der Waals surface area contributed by atoms with Gasteiger partial charge in [-0.3, -0.25) is 4.98 Å². The SMILES string of the molecule is CCOc1cn(C)c(C(O)(c2cncs2)[Si](C)(C)C)n1. The normalized spacial score (nSPS) is 15.1. The van der Waals surface area contributed by atoms with E-state index in [0.717, 1.165) is 4.88 Å². The minimum absolute atomic E-state index is 0.547. The molecule has 0 aromatic carbocycles. The Kier molecular flexibility index (Phi) is 4.04. The maximum absolute atomic E-state index is 11.4. The first-order valence-corrected chi connectivity index (χ1v) is 11.0. The first-order valence-electron chi connectivity index (χ1n) is 6.58. The fourth-order valence-electron chi connectivity index (χ4n) is 2.20. The number of hydrogen-bond acceptors (Lipinski definition) is 5. The average Bonchev–Trinajstić information content (AvgIpc) is 2.97. The highest BCUT2D eigenvalue weighted by molar-refractivity contribution is 7.10. The minimum Gasteiger partial charge on any atom is -0.477 e. The summed E-state index contributed by atoms with van der Waals surface area (Å²) in [6.07, 6.45) is 3.54. The van der Waals surface area contributed by atoms with Gasteiger partial charge in [0.15, 0.2) is 0 Å². The molecule has 0 radical (unpaired) electrons. The van der Waals surface area contributed by atoms with Gasteiger partial charge >= 0.3 is 0 Å². The van der Waals surface area contributed by atoms with Crippen LogP contribution in [0.3, 0.4) is 0 Å². The van der Waals surface area contributed by atoms with E-state index < -0.39 is 13.3 Å². The number of rotatable bonds is 5. The third-order valence-corrected chi connectivity index (χ3v) is 7.07. The molecule has 1 atom stereocenters. The summed E-state index contributed by atoms with van der Waals surface area (Å²) in [4.78, 5) is 9.45. The summed E-state index contributed by atoms with van der Waals surface area (Å²) in [5.74, 6) is 1.18. The number of nitrogens with zero attached hydrogens (tertiary/aromatic N) is 3. The van der Waals surface area contributed by atoms with Crippen molar-refractivity contribution >= 4 is 19.4 Å². The van der Waals surface area contributed by atoms with Crippen molar-refractivity contribution in [2.24, 2.45) is 7.05 Å². The third-order valence-electron chi connectivity index (χ3n) is 3.34. The lowest BCUT2D eigenvalue weighted by Gasteiger charge is -2.37. The van der Waals surface area contributed by atoms with Crippen LogP contribution in [0.2, 0.25) is 19.6 Å². The van der Waals surface area contributed by atoms with Crippen LogP contribution in [0.4, 0.5) is 0 Å². The summed E-state index contributed by atoms with van der Waals surface area (Å²) < 4.78 is 7.30. The topological polar surface area (TPSA) is 60.2 Å². The number of aryl methyl sites for hydroxylation is 1. The zero-order valence-electron chi connectivity index (χ0n) is 12.5. The van der Waals surface area contributed by atoms with Crippen LogP contribution >= 0.6 is 11.3 Å². The molecule has 0 aliphatic heterocycles. The molecule has 0 saturated heterocycles. The summed E-state index contributed by atoms with van der Waals surface area (Å²) in [5.41, 5.74) is 1.74. The molecule has 0 aliphatic carbocycles. The predicted molar refractivity (Wildman–Crippen MR) is 82.8 cm³/mol. The Bertz CT molecular complexity index is 577. The number of imidazole rings is 1. The van der Waals surface area contributed by atoms with Crippen molar-refractivity contribution in [2.45, 2.75) is 31.8 Å². The predicted octanol–water partition coefficient (Wildman–Crippen LogP) is 2.39. The first kappa shape index (κ1) is 15.2. The number of ether oxygens (including phenoxy) is 1. The molecule has 0 spiro atoms. The molecule has 2 aromatic rings. The Morgan fingerprint density at radius 1 is 1.45 bits per heavy atom. The monoisotopic (exact) mass is 311 g/mol. The van der Waals surface area contributed by atoms with Crippen LogP contribution in [0, 0.1) is 0 Å². The Hall–Kier alpha value is -1.18. The molecule has 0 saturated carbocycles. The number of aromatic nitrogens is 3. The second kappa shape index (κ2) is 5.31. The van der Waals surface area contributed by atoms with E-state index in [1.165, 1.54) is 11.3 Å². The van der Waals surface area contributed by atoms with Gasteiger partial charge < -0.3 is 14.4 Å². The summed E-state index contributed by atoms with van der Waals surface area (Å²) in [5, 5.41) is 10.4. The Labute approximate surface area is 124 Å². The van der Waals surface area contributed by atoms with Crippen molar-refractivity contribution in [3.63, 3.8) is 0 Å². The van der Waals surface area contributed by atoms with Crippen LogP contribution in [0.25, 0.3) is 0 Å². The van der Waals surface area contributed by atoms with Gasteiger partial charge in [0.25, 0.3) is 0 Å². The van der Waals surface area contributed by atoms with Crippen LogP contribution in [0.15, 0.2) is 17.9 Å². The molecule has 5 nitrogen and oxygen atoms in total. The second-order valence-corrected chi connectivity index (χ2v) is 11.9. The molecule has 2 aromatic heterocycles. The van der Waals surface area contributed by atoms with Crippen molar-refractivity contribution in [3.8, 4) is 5.88 Å². The molecule has 0 amide bonds. The standard InChI is InChI=1S/C13H21N3O2SSi/c1-6-18-11-8-16(2)12(15-11)13(17,20(3,4)5)10-7-14-9-19-10/h7-9,17H,6H2,1-5H3. The average molecular weight is 311 g/mol. The lowest BCUT2D eigenvalue weighted by molar-refractivity contribution is 0.148. The number of aliphatic hydroxyl groups is 1. The van der Waals surface area contributed by atoms with Crippen LogP contribution in [0.5, 0.6) is 5.88 Å². The molecule has 0 fully saturated rings. The lowest BCUT2D eigenvalue weighted by atomic mass is 10.3. The summed E-state index contributed by atoms with van der Waals surface area (Å²) in [6, 6.07) is 0. The highest BCUT2D eigenvalue weighted by atomic mass is 32.1. The van der Waals surface area contributed by atoms with E-state index in [2.05, 4.69) is 29.6 Å². The zero-order valence-corrected chi connectivity index (χ0v) is 14.4.